The zero-order valence-corrected chi connectivity index (χ0v) is 34.9. The number of amides is 3. The maximum atomic E-state index is 13.7. The molecule has 6 aromatic rings. The van der Waals surface area contributed by atoms with Gasteiger partial charge in [0.1, 0.15) is 16.8 Å². The van der Waals surface area contributed by atoms with Gasteiger partial charge >= 0.3 is 0 Å². The number of anilines is 2. The molecule has 18 nitrogen and oxygen atoms in total. The van der Waals surface area contributed by atoms with E-state index in [1.165, 1.54) is 0 Å². The number of piperazine rings is 1. The van der Waals surface area contributed by atoms with Crippen molar-refractivity contribution in [1.82, 2.24) is 44.3 Å². The van der Waals surface area contributed by atoms with Gasteiger partial charge in [-0.05, 0) is 60.1 Å². The minimum Gasteiger partial charge on any atom is -0.491 e. The molecule has 3 amide bonds. The molecular formula is C39H45IN12O6. The molecule has 19 heteroatoms. The number of aromatic nitrogens is 7. The SMILES string of the molecule is CCc1nc(C)oc1C(=O)Nc1nc2cc(I)cnc2n1C/C=C/Cn1c(NC(=O)c2oc(C)nc2CC)nc2cc(C(N)=O)cc(OCCCN3CCNCC3)c21. The minimum absolute atomic E-state index is 0.0895. The molecule has 6 heterocycles. The van der Waals surface area contributed by atoms with Gasteiger partial charge < -0.3 is 34.1 Å². The van der Waals surface area contributed by atoms with Crippen molar-refractivity contribution in [3.63, 3.8) is 0 Å². The van der Waals surface area contributed by atoms with Crippen LogP contribution in [0.25, 0.3) is 22.2 Å². The molecule has 0 atom stereocenters. The van der Waals surface area contributed by atoms with Crippen LogP contribution in [-0.4, -0.2) is 96.0 Å². The number of ether oxygens (including phenoxy) is 1. The highest BCUT2D eigenvalue weighted by atomic mass is 127. The molecule has 0 aliphatic carbocycles. The van der Waals surface area contributed by atoms with Crippen LogP contribution in [0, 0.1) is 17.4 Å². The molecule has 5 N–H and O–H groups in total. The normalized spacial score (nSPS) is 13.5. The van der Waals surface area contributed by atoms with E-state index in [2.05, 4.69) is 58.4 Å². The van der Waals surface area contributed by atoms with Gasteiger partial charge in [-0.15, -0.1) is 0 Å². The summed E-state index contributed by atoms with van der Waals surface area (Å²) < 4.78 is 22.2. The van der Waals surface area contributed by atoms with Gasteiger partial charge in [-0.2, -0.15) is 0 Å². The third kappa shape index (κ3) is 8.90. The molecule has 0 radical (unpaired) electrons. The number of aryl methyl sites for hydroxylation is 4. The minimum atomic E-state index is -0.638. The molecule has 1 aliphatic rings. The number of carbonyl (C=O) groups excluding carboxylic acids is 3. The summed E-state index contributed by atoms with van der Waals surface area (Å²) >= 11 is 2.17. The van der Waals surface area contributed by atoms with Gasteiger partial charge in [0.15, 0.2) is 17.4 Å². The van der Waals surface area contributed by atoms with Crippen LogP contribution in [0.5, 0.6) is 5.75 Å². The molecule has 7 rings (SSSR count). The van der Waals surface area contributed by atoms with Gasteiger partial charge in [-0.3, -0.25) is 29.6 Å². The van der Waals surface area contributed by atoms with E-state index in [9.17, 15) is 14.4 Å². The molecule has 1 fully saturated rings. The van der Waals surface area contributed by atoms with E-state index in [1.54, 1.807) is 41.3 Å². The third-order valence-electron chi connectivity index (χ3n) is 9.61. The molecule has 304 valence electrons. The van der Waals surface area contributed by atoms with Crippen molar-refractivity contribution in [3.05, 3.63) is 80.4 Å². The quantitative estimate of drug-likeness (QED) is 0.0591. The van der Waals surface area contributed by atoms with Gasteiger partial charge in [0.05, 0.1) is 23.5 Å². The fourth-order valence-electron chi connectivity index (χ4n) is 6.87. The average Bonchev–Trinajstić information content (AvgIpc) is 3.97. The number of allylic oxidation sites excluding steroid dienone is 2. The van der Waals surface area contributed by atoms with Crippen molar-refractivity contribution in [2.24, 2.45) is 5.73 Å². The van der Waals surface area contributed by atoms with E-state index in [4.69, 9.17) is 29.3 Å². The second-order valence-corrected chi connectivity index (χ2v) is 14.9. The summed E-state index contributed by atoms with van der Waals surface area (Å²) in [6.45, 7) is 12.7. The summed E-state index contributed by atoms with van der Waals surface area (Å²) in [5.41, 5.74) is 9.17. The first-order chi connectivity index (χ1) is 28.0. The smallest absolute Gasteiger partial charge is 0.295 e. The van der Waals surface area contributed by atoms with E-state index >= 15 is 0 Å². The van der Waals surface area contributed by atoms with Crippen molar-refractivity contribution >= 4 is 74.4 Å². The molecule has 0 bridgehead atoms. The van der Waals surface area contributed by atoms with Crippen LogP contribution in [0.3, 0.4) is 0 Å². The van der Waals surface area contributed by atoms with Crippen LogP contribution in [0.4, 0.5) is 11.9 Å². The predicted molar refractivity (Wildman–Crippen MR) is 224 cm³/mol. The second kappa shape index (κ2) is 17.9. The van der Waals surface area contributed by atoms with Crippen LogP contribution < -0.4 is 26.4 Å². The number of primary amides is 1. The van der Waals surface area contributed by atoms with Crippen LogP contribution >= 0.6 is 22.6 Å². The number of hydrogen-bond donors (Lipinski definition) is 4. The number of nitrogens with one attached hydrogen (secondary N) is 3. The Hall–Kier alpha value is -5.67. The predicted octanol–water partition coefficient (Wildman–Crippen LogP) is 4.64. The number of fused-ring (bicyclic) bond motifs is 2. The number of carbonyl (C=O) groups is 3. The summed E-state index contributed by atoms with van der Waals surface area (Å²) in [5, 5.41) is 9.16. The Balaban J connectivity index is 1.21. The van der Waals surface area contributed by atoms with Crippen molar-refractivity contribution in [2.75, 3.05) is 50.0 Å². The summed E-state index contributed by atoms with van der Waals surface area (Å²) in [6, 6.07) is 5.07. The maximum absolute atomic E-state index is 13.7. The number of nitrogens with zero attached hydrogens (tertiary/aromatic N) is 8. The van der Waals surface area contributed by atoms with Crippen LogP contribution in [0.1, 0.15) is 74.9 Å². The van der Waals surface area contributed by atoms with Crippen LogP contribution in [0.15, 0.2) is 45.4 Å². The van der Waals surface area contributed by atoms with E-state index in [0.29, 0.717) is 70.6 Å². The van der Waals surface area contributed by atoms with Gasteiger partial charge in [-0.1, -0.05) is 26.0 Å². The lowest BCUT2D eigenvalue weighted by atomic mass is 10.1. The highest BCUT2D eigenvalue weighted by Gasteiger charge is 2.24. The van der Waals surface area contributed by atoms with Gasteiger partial charge in [0.2, 0.25) is 29.3 Å². The number of imidazole rings is 2. The zero-order valence-electron chi connectivity index (χ0n) is 32.7. The standard InChI is InChI=1S/C39H45IN12O6/c1-5-26-32(57-22(3)44-26)36(54)48-38-46-28-18-24(34(41)53)19-30(56-17-9-12-50-15-10-42-11-16-50)31(28)51(38)13-7-8-14-52-35-29(20-25(40)21-43-35)47-39(52)49-37(55)33-27(6-2)45-23(4)58-33/h7-8,18-21,42H,5-6,9-17H2,1-4H3,(H2,41,53)(H,46,48,54)(H,47,49,55)/b8-7+. The summed E-state index contributed by atoms with van der Waals surface area (Å²) in [7, 11) is 0. The third-order valence-corrected chi connectivity index (χ3v) is 10.2. The zero-order chi connectivity index (χ0) is 40.9. The molecule has 1 aliphatic heterocycles. The van der Waals surface area contributed by atoms with Crippen LogP contribution in [0.2, 0.25) is 0 Å². The Morgan fingerprint density at radius 2 is 1.48 bits per heavy atom. The highest BCUT2D eigenvalue weighted by Crippen LogP contribution is 2.32. The molecule has 1 aromatic carbocycles. The number of hydrogen-bond acceptors (Lipinski definition) is 13. The number of pyridine rings is 1. The van der Waals surface area contributed by atoms with Crippen molar-refractivity contribution in [2.45, 2.75) is 60.0 Å². The Bertz CT molecular complexity index is 2510. The number of benzene rings is 1. The Morgan fingerprint density at radius 1 is 0.879 bits per heavy atom. The van der Waals surface area contributed by atoms with Gasteiger partial charge in [-0.25, -0.2) is 24.9 Å². The highest BCUT2D eigenvalue weighted by molar-refractivity contribution is 14.1. The van der Waals surface area contributed by atoms with E-state index < -0.39 is 17.7 Å². The van der Waals surface area contributed by atoms with E-state index in [0.717, 1.165) is 42.7 Å². The molecule has 0 unspecified atom stereocenters. The topological polar surface area (TPSA) is 226 Å². The molecule has 5 aromatic heterocycles. The lowest BCUT2D eigenvalue weighted by Gasteiger charge is -2.27. The van der Waals surface area contributed by atoms with E-state index in [1.807, 2.05) is 32.1 Å². The second-order valence-electron chi connectivity index (χ2n) is 13.7. The monoisotopic (exact) mass is 904 g/mol. The Kier molecular flexibility index (Phi) is 12.5. The lowest BCUT2D eigenvalue weighted by Crippen LogP contribution is -2.43. The number of halogens is 1. The maximum Gasteiger partial charge on any atom is 0.295 e. The van der Waals surface area contributed by atoms with E-state index in [-0.39, 0.29) is 42.1 Å². The summed E-state index contributed by atoms with van der Waals surface area (Å²) in [4.78, 5) is 64.7. The largest absolute Gasteiger partial charge is 0.491 e. The number of oxazole rings is 2. The number of nitrogens with two attached hydrogens (primary N) is 1. The van der Waals surface area contributed by atoms with Crippen molar-refractivity contribution < 1.29 is 28.0 Å². The van der Waals surface area contributed by atoms with Gasteiger partial charge in [0, 0.05) is 75.0 Å². The summed E-state index contributed by atoms with van der Waals surface area (Å²) in [5.74, 6) is 0.227. The number of rotatable bonds is 16. The molecule has 0 saturated carbocycles. The fraction of sp³-hybridized carbons (Fsp3) is 0.385. The first-order valence-electron chi connectivity index (χ1n) is 19.1. The van der Waals surface area contributed by atoms with Crippen LogP contribution in [-0.2, 0) is 25.9 Å². The molecule has 0 spiro atoms. The van der Waals surface area contributed by atoms with Crippen molar-refractivity contribution in [3.8, 4) is 5.75 Å². The average molecular weight is 905 g/mol. The molecular weight excluding hydrogens is 859 g/mol. The molecule has 1 saturated heterocycles. The molecule has 58 heavy (non-hydrogen) atoms. The lowest BCUT2D eigenvalue weighted by molar-refractivity contribution is 0.0985. The first kappa shape index (κ1) is 40.5. The fourth-order valence-corrected chi connectivity index (χ4v) is 7.30. The first-order valence-corrected chi connectivity index (χ1v) is 20.2. The Morgan fingerprint density at radius 3 is 2.10 bits per heavy atom. The van der Waals surface area contributed by atoms with Gasteiger partial charge in [0.25, 0.3) is 11.8 Å². The van der Waals surface area contributed by atoms with Crippen molar-refractivity contribution in [1.29, 1.82) is 0 Å². The summed E-state index contributed by atoms with van der Waals surface area (Å²) in [6.07, 6.45) is 7.28. The Labute approximate surface area is 347 Å².